The fourth-order valence-corrected chi connectivity index (χ4v) is 2.17. The standard InChI is InChI=1S/C12H16OS/c1-9-4-5-12(8-10(9)2)14-7-6-11(3)13/h4-5,8H,6-7H2,1-3H3. The minimum Gasteiger partial charge on any atom is -0.300 e. The molecule has 0 unspecified atom stereocenters. The van der Waals surface area contributed by atoms with Gasteiger partial charge in [0.15, 0.2) is 0 Å². The average molecular weight is 208 g/mol. The third kappa shape index (κ3) is 3.54. The molecule has 0 N–H and O–H groups in total. The number of ketones is 1. The molecule has 0 aliphatic heterocycles. The van der Waals surface area contributed by atoms with Crippen molar-refractivity contribution in [2.45, 2.75) is 32.1 Å². The molecule has 0 aliphatic rings. The van der Waals surface area contributed by atoms with Crippen LogP contribution < -0.4 is 0 Å². The Morgan fingerprint density at radius 3 is 2.57 bits per heavy atom. The maximum absolute atomic E-state index is 10.7. The summed E-state index contributed by atoms with van der Waals surface area (Å²) in [6.07, 6.45) is 0.664. The van der Waals surface area contributed by atoms with Gasteiger partial charge in [0.1, 0.15) is 5.78 Å². The number of rotatable bonds is 4. The predicted octanol–water partition coefficient (Wildman–Crippen LogP) is 3.37. The van der Waals surface area contributed by atoms with E-state index in [2.05, 4.69) is 32.0 Å². The minimum absolute atomic E-state index is 0.265. The number of thioether (sulfide) groups is 1. The van der Waals surface area contributed by atoms with E-state index in [4.69, 9.17) is 0 Å². The molecule has 0 atom stereocenters. The van der Waals surface area contributed by atoms with Crippen LogP contribution in [0.5, 0.6) is 0 Å². The van der Waals surface area contributed by atoms with Crippen molar-refractivity contribution in [2.24, 2.45) is 0 Å². The number of hydrogen-bond donors (Lipinski definition) is 0. The quantitative estimate of drug-likeness (QED) is 0.706. The van der Waals surface area contributed by atoms with E-state index >= 15 is 0 Å². The molecule has 1 aromatic carbocycles. The molecule has 0 saturated heterocycles. The molecule has 0 fully saturated rings. The summed E-state index contributed by atoms with van der Waals surface area (Å²) in [6, 6.07) is 6.43. The average Bonchev–Trinajstić information content (AvgIpc) is 2.10. The molecule has 76 valence electrons. The summed E-state index contributed by atoms with van der Waals surface area (Å²) in [6.45, 7) is 5.87. The van der Waals surface area contributed by atoms with Crippen molar-refractivity contribution >= 4 is 17.5 Å². The summed E-state index contributed by atoms with van der Waals surface area (Å²) in [5.41, 5.74) is 2.64. The first kappa shape index (κ1) is 11.3. The number of carbonyl (C=O) groups is 1. The second kappa shape index (κ2) is 5.20. The van der Waals surface area contributed by atoms with E-state index in [9.17, 15) is 4.79 Å². The SMILES string of the molecule is CC(=O)CCSc1ccc(C)c(C)c1. The van der Waals surface area contributed by atoms with Gasteiger partial charge < -0.3 is 0 Å². The third-order valence-electron chi connectivity index (χ3n) is 2.20. The van der Waals surface area contributed by atoms with Gasteiger partial charge in [-0.3, -0.25) is 4.79 Å². The van der Waals surface area contributed by atoms with Gasteiger partial charge in [0.25, 0.3) is 0 Å². The summed E-state index contributed by atoms with van der Waals surface area (Å²) < 4.78 is 0. The number of benzene rings is 1. The summed E-state index contributed by atoms with van der Waals surface area (Å²) in [7, 11) is 0. The van der Waals surface area contributed by atoms with Crippen LogP contribution in [-0.4, -0.2) is 11.5 Å². The molecular formula is C12H16OS. The van der Waals surface area contributed by atoms with E-state index < -0.39 is 0 Å². The Morgan fingerprint density at radius 2 is 2.00 bits per heavy atom. The lowest BCUT2D eigenvalue weighted by Crippen LogP contribution is -1.91. The van der Waals surface area contributed by atoms with Crippen LogP contribution in [0.25, 0.3) is 0 Å². The highest BCUT2D eigenvalue weighted by Gasteiger charge is 1.98. The fraction of sp³-hybridized carbons (Fsp3) is 0.417. The second-order valence-electron chi connectivity index (χ2n) is 3.55. The Kier molecular flexibility index (Phi) is 4.21. The van der Waals surface area contributed by atoms with Crippen molar-refractivity contribution in [2.75, 3.05) is 5.75 Å². The van der Waals surface area contributed by atoms with Crippen LogP contribution in [0.1, 0.15) is 24.5 Å². The van der Waals surface area contributed by atoms with E-state index in [-0.39, 0.29) is 5.78 Å². The van der Waals surface area contributed by atoms with Gasteiger partial charge in [0, 0.05) is 17.1 Å². The first-order valence-corrected chi connectivity index (χ1v) is 5.77. The lowest BCUT2D eigenvalue weighted by atomic mass is 10.1. The zero-order chi connectivity index (χ0) is 10.6. The van der Waals surface area contributed by atoms with Crippen molar-refractivity contribution in [1.29, 1.82) is 0 Å². The smallest absolute Gasteiger partial charge is 0.130 e. The highest BCUT2D eigenvalue weighted by molar-refractivity contribution is 7.99. The lowest BCUT2D eigenvalue weighted by molar-refractivity contribution is -0.116. The van der Waals surface area contributed by atoms with Crippen molar-refractivity contribution in [3.8, 4) is 0 Å². The molecule has 0 aliphatic carbocycles. The normalized spacial score (nSPS) is 10.2. The zero-order valence-electron chi connectivity index (χ0n) is 8.96. The highest BCUT2D eigenvalue weighted by atomic mass is 32.2. The van der Waals surface area contributed by atoms with Crippen molar-refractivity contribution in [3.63, 3.8) is 0 Å². The summed E-state index contributed by atoms with van der Waals surface area (Å²) in [5, 5.41) is 0. The van der Waals surface area contributed by atoms with E-state index in [1.807, 2.05) is 0 Å². The lowest BCUT2D eigenvalue weighted by Gasteiger charge is -2.03. The van der Waals surface area contributed by atoms with Crippen LogP contribution >= 0.6 is 11.8 Å². The summed E-state index contributed by atoms with van der Waals surface area (Å²) in [4.78, 5) is 12.0. The van der Waals surface area contributed by atoms with Gasteiger partial charge in [0.05, 0.1) is 0 Å². The molecule has 0 bridgehead atoms. The van der Waals surface area contributed by atoms with Gasteiger partial charge in [-0.1, -0.05) is 6.07 Å². The van der Waals surface area contributed by atoms with Gasteiger partial charge in [-0.2, -0.15) is 0 Å². The maximum Gasteiger partial charge on any atom is 0.130 e. The van der Waals surface area contributed by atoms with Gasteiger partial charge in [-0.05, 0) is 44.0 Å². The molecule has 1 rings (SSSR count). The number of Topliss-reactive ketones (excluding diaryl/α,β-unsaturated/α-hetero) is 1. The first-order chi connectivity index (χ1) is 6.59. The fourth-order valence-electron chi connectivity index (χ4n) is 1.12. The monoisotopic (exact) mass is 208 g/mol. The summed E-state index contributed by atoms with van der Waals surface area (Å²) in [5.74, 6) is 1.15. The van der Waals surface area contributed by atoms with Gasteiger partial charge in [-0.15, -0.1) is 11.8 Å². The Labute approximate surface area is 89.9 Å². The number of aryl methyl sites for hydroxylation is 2. The molecule has 2 heteroatoms. The van der Waals surface area contributed by atoms with Crippen molar-refractivity contribution in [3.05, 3.63) is 29.3 Å². The zero-order valence-corrected chi connectivity index (χ0v) is 9.78. The van der Waals surface area contributed by atoms with Crippen molar-refractivity contribution in [1.82, 2.24) is 0 Å². The molecular weight excluding hydrogens is 192 g/mol. The Balaban J connectivity index is 2.51. The second-order valence-corrected chi connectivity index (χ2v) is 4.71. The summed E-state index contributed by atoms with van der Waals surface area (Å²) >= 11 is 1.75. The predicted molar refractivity (Wildman–Crippen MR) is 61.9 cm³/mol. The molecule has 1 nitrogen and oxygen atoms in total. The molecule has 14 heavy (non-hydrogen) atoms. The van der Waals surface area contributed by atoms with Crippen LogP contribution in [-0.2, 0) is 4.79 Å². The van der Waals surface area contributed by atoms with Crippen LogP contribution in [0.4, 0.5) is 0 Å². The van der Waals surface area contributed by atoms with E-state index in [1.54, 1.807) is 18.7 Å². The van der Waals surface area contributed by atoms with Crippen LogP contribution in [0.2, 0.25) is 0 Å². The Hall–Kier alpha value is -0.760. The third-order valence-corrected chi connectivity index (χ3v) is 3.20. The van der Waals surface area contributed by atoms with Crippen LogP contribution in [0.3, 0.4) is 0 Å². The topological polar surface area (TPSA) is 17.1 Å². The largest absolute Gasteiger partial charge is 0.300 e. The number of carbonyl (C=O) groups excluding carboxylic acids is 1. The molecule has 0 spiro atoms. The maximum atomic E-state index is 10.7. The molecule has 0 amide bonds. The molecule has 0 radical (unpaired) electrons. The molecule has 0 aromatic heterocycles. The Morgan fingerprint density at radius 1 is 1.29 bits per heavy atom. The Bertz CT molecular complexity index is 331. The first-order valence-electron chi connectivity index (χ1n) is 4.79. The van der Waals surface area contributed by atoms with E-state index in [1.165, 1.54) is 16.0 Å². The molecule has 1 aromatic rings. The van der Waals surface area contributed by atoms with Crippen molar-refractivity contribution < 1.29 is 4.79 Å². The van der Waals surface area contributed by atoms with Crippen LogP contribution in [0.15, 0.2) is 23.1 Å². The van der Waals surface area contributed by atoms with Crippen LogP contribution in [0, 0.1) is 13.8 Å². The van der Waals surface area contributed by atoms with E-state index in [0.29, 0.717) is 6.42 Å². The molecule has 0 heterocycles. The number of hydrogen-bond acceptors (Lipinski definition) is 2. The van der Waals surface area contributed by atoms with Gasteiger partial charge >= 0.3 is 0 Å². The van der Waals surface area contributed by atoms with Gasteiger partial charge in [0.2, 0.25) is 0 Å². The van der Waals surface area contributed by atoms with E-state index in [0.717, 1.165) is 5.75 Å². The highest BCUT2D eigenvalue weighted by Crippen LogP contribution is 2.21. The van der Waals surface area contributed by atoms with Gasteiger partial charge in [-0.25, -0.2) is 0 Å². The minimum atomic E-state index is 0.265. The molecule has 0 saturated carbocycles.